The van der Waals surface area contributed by atoms with E-state index in [1.165, 1.54) is 12.4 Å². The van der Waals surface area contributed by atoms with Gasteiger partial charge >= 0.3 is 0 Å². The second kappa shape index (κ2) is 4.56. The van der Waals surface area contributed by atoms with E-state index in [9.17, 15) is 4.39 Å². The van der Waals surface area contributed by atoms with Crippen molar-refractivity contribution >= 4 is 16.7 Å². The molecule has 19 heavy (non-hydrogen) atoms. The lowest BCUT2D eigenvalue weighted by atomic mass is 10.2. The Morgan fingerprint density at radius 3 is 3.00 bits per heavy atom. The van der Waals surface area contributed by atoms with Gasteiger partial charge in [0.1, 0.15) is 18.0 Å². The largest absolute Gasteiger partial charge is 0.351 e. The fourth-order valence-corrected chi connectivity index (χ4v) is 1.88. The van der Waals surface area contributed by atoms with Crippen LogP contribution in [0.2, 0.25) is 0 Å². The first kappa shape index (κ1) is 11.5. The van der Waals surface area contributed by atoms with Gasteiger partial charge in [0.15, 0.2) is 5.82 Å². The minimum absolute atomic E-state index is 0.354. The molecular weight excluding hydrogens is 249 g/mol. The molecular formula is C11H10FN7. The maximum absolute atomic E-state index is 13.9. The Hall–Kier alpha value is -2.64. The van der Waals surface area contributed by atoms with Crippen LogP contribution in [-0.4, -0.2) is 37.6 Å². The number of halogens is 1. The molecule has 0 unspecified atom stereocenters. The number of nitrogens with zero attached hydrogens (tertiary/aromatic N) is 6. The molecule has 96 valence electrons. The van der Waals surface area contributed by atoms with E-state index >= 15 is 0 Å². The molecule has 0 amide bonds. The van der Waals surface area contributed by atoms with Gasteiger partial charge in [0.05, 0.1) is 17.4 Å². The first-order valence-corrected chi connectivity index (χ1v) is 5.58. The molecule has 0 bridgehead atoms. The van der Waals surface area contributed by atoms with Crippen LogP contribution >= 0.6 is 0 Å². The zero-order valence-corrected chi connectivity index (χ0v) is 10.1. The molecule has 0 radical (unpaired) electrons. The highest BCUT2D eigenvalue weighted by molar-refractivity contribution is 5.89. The molecule has 0 saturated heterocycles. The van der Waals surface area contributed by atoms with E-state index in [0.29, 0.717) is 29.1 Å². The summed E-state index contributed by atoms with van der Waals surface area (Å²) in [6.45, 7) is 0.372. The van der Waals surface area contributed by atoms with Crippen molar-refractivity contribution in [3.63, 3.8) is 0 Å². The molecule has 8 heteroatoms. The Labute approximate surface area is 107 Å². The van der Waals surface area contributed by atoms with Crippen LogP contribution in [-0.2, 0) is 6.54 Å². The number of nitrogens with one attached hydrogen (secondary N) is 1. The van der Waals surface area contributed by atoms with Gasteiger partial charge < -0.3 is 4.90 Å². The maximum atomic E-state index is 13.9. The van der Waals surface area contributed by atoms with Crippen molar-refractivity contribution in [3.8, 4) is 0 Å². The fraction of sp³-hybridized carbons (Fsp3) is 0.182. The van der Waals surface area contributed by atoms with Crippen molar-refractivity contribution in [1.82, 2.24) is 30.6 Å². The fourth-order valence-electron chi connectivity index (χ4n) is 1.88. The van der Waals surface area contributed by atoms with Crippen molar-refractivity contribution in [3.05, 3.63) is 36.2 Å². The number of aromatic amines is 1. The SMILES string of the molecule is CN(Cc1nn[nH]n1)c1ncnc2cccc(F)c12. The predicted octanol–water partition coefficient (Wildman–Crippen LogP) is 0.918. The Bertz CT molecular complexity index is 692. The predicted molar refractivity (Wildman–Crippen MR) is 65.8 cm³/mol. The molecule has 3 aromatic rings. The summed E-state index contributed by atoms with van der Waals surface area (Å²) in [5, 5.41) is 14.0. The normalized spacial score (nSPS) is 10.8. The molecule has 1 aromatic carbocycles. The number of aromatic nitrogens is 6. The average Bonchev–Trinajstić information content (AvgIpc) is 2.91. The lowest BCUT2D eigenvalue weighted by molar-refractivity contribution is 0.638. The summed E-state index contributed by atoms with van der Waals surface area (Å²) < 4.78 is 13.9. The molecule has 2 heterocycles. The molecule has 0 saturated carbocycles. The molecule has 3 rings (SSSR count). The van der Waals surface area contributed by atoms with E-state index in [1.807, 2.05) is 0 Å². The summed E-state index contributed by atoms with van der Waals surface area (Å²) in [4.78, 5) is 9.94. The monoisotopic (exact) mass is 259 g/mol. The van der Waals surface area contributed by atoms with Gasteiger partial charge in [-0.2, -0.15) is 5.21 Å². The minimum atomic E-state index is -0.354. The summed E-state index contributed by atoms with van der Waals surface area (Å²) in [6, 6.07) is 4.75. The molecule has 7 nitrogen and oxygen atoms in total. The van der Waals surface area contributed by atoms with Gasteiger partial charge in [0, 0.05) is 7.05 Å². The lowest BCUT2D eigenvalue weighted by Gasteiger charge is -2.17. The summed E-state index contributed by atoms with van der Waals surface area (Å²) >= 11 is 0. The second-order valence-corrected chi connectivity index (χ2v) is 4.02. The van der Waals surface area contributed by atoms with Crippen LogP contribution in [0.25, 0.3) is 10.9 Å². The third kappa shape index (κ3) is 2.07. The third-order valence-corrected chi connectivity index (χ3v) is 2.72. The van der Waals surface area contributed by atoms with Crippen molar-refractivity contribution < 1.29 is 4.39 Å². The Kier molecular flexibility index (Phi) is 2.75. The van der Waals surface area contributed by atoms with Crippen LogP contribution in [0, 0.1) is 5.82 Å². The molecule has 0 aliphatic carbocycles. The smallest absolute Gasteiger partial charge is 0.193 e. The highest BCUT2D eigenvalue weighted by Gasteiger charge is 2.14. The number of fused-ring (bicyclic) bond motifs is 1. The molecule has 0 fully saturated rings. The number of hydrogen-bond donors (Lipinski definition) is 1. The number of benzene rings is 1. The average molecular weight is 259 g/mol. The first-order valence-electron chi connectivity index (χ1n) is 5.58. The van der Waals surface area contributed by atoms with E-state index in [4.69, 9.17) is 0 Å². The first-order chi connectivity index (χ1) is 9.25. The summed E-state index contributed by atoms with van der Waals surface area (Å²) in [5.74, 6) is 0.645. The van der Waals surface area contributed by atoms with Gasteiger partial charge in [-0.05, 0) is 12.1 Å². The molecule has 0 atom stereocenters. The van der Waals surface area contributed by atoms with E-state index in [0.717, 1.165) is 0 Å². The van der Waals surface area contributed by atoms with Crippen LogP contribution in [0.4, 0.5) is 10.2 Å². The van der Waals surface area contributed by atoms with Gasteiger partial charge in [0.2, 0.25) is 0 Å². The topological polar surface area (TPSA) is 83.5 Å². The lowest BCUT2D eigenvalue weighted by Crippen LogP contribution is -2.19. The van der Waals surface area contributed by atoms with E-state index < -0.39 is 0 Å². The molecule has 1 N–H and O–H groups in total. The number of anilines is 1. The quantitative estimate of drug-likeness (QED) is 0.753. The van der Waals surface area contributed by atoms with Crippen LogP contribution in [0.15, 0.2) is 24.5 Å². The van der Waals surface area contributed by atoms with Crippen molar-refractivity contribution in [2.45, 2.75) is 6.54 Å². The highest BCUT2D eigenvalue weighted by Crippen LogP contribution is 2.25. The zero-order chi connectivity index (χ0) is 13.2. The van der Waals surface area contributed by atoms with Gasteiger partial charge in [-0.15, -0.1) is 10.2 Å². The van der Waals surface area contributed by atoms with E-state index in [1.54, 1.807) is 24.1 Å². The second-order valence-electron chi connectivity index (χ2n) is 4.02. The third-order valence-electron chi connectivity index (χ3n) is 2.72. The molecule has 0 aliphatic rings. The number of H-pyrrole nitrogens is 1. The van der Waals surface area contributed by atoms with Gasteiger partial charge in [0.25, 0.3) is 0 Å². The standard InChI is InChI=1S/C11H10FN7/c1-19(5-9-15-17-18-16-9)11-10-7(12)3-2-4-8(10)13-6-14-11/h2-4,6H,5H2,1H3,(H,15,16,17,18). The number of hydrogen-bond acceptors (Lipinski definition) is 6. The van der Waals surface area contributed by atoms with Crippen molar-refractivity contribution in [2.75, 3.05) is 11.9 Å². The maximum Gasteiger partial charge on any atom is 0.193 e. The number of rotatable bonds is 3. The number of tetrazole rings is 1. The Morgan fingerprint density at radius 1 is 1.32 bits per heavy atom. The van der Waals surface area contributed by atoms with E-state index in [-0.39, 0.29) is 5.82 Å². The summed E-state index contributed by atoms with van der Waals surface area (Å²) in [7, 11) is 1.78. The van der Waals surface area contributed by atoms with Crippen LogP contribution in [0.5, 0.6) is 0 Å². The van der Waals surface area contributed by atoms with Crippen LogP contribution in [0.3, 0.4) is 0 Å². The molecule has 0 aliphatic heterocycles. The summed E-state index contributed by atoms with van der Waals surface area (Å²) in [6.07, 6.45) is 1.41. The van der Waals surface area contributed by atoms with Gasteiger partial charge in [-0.1, -0.05) is 11.3 Å². The van der Waals surface area contributed by atoms with Crippen LogP contribution in [0.1, 0.15) is 5.82 Å². The van der Waals surface area contributed by atoms with Crippen molar-refractivity contribution in [2.24, 2.45) is 0 Å². The van der Waals surface area contributed by atoms with E-state index in [2.05, 4.69) is 30.6 Å². The van der Waals surface area contributed by atoms with Gasteiger partial charge in [-0.25, -0.2) is 14.4 Å². The Balaban J connectivity index is 2.04. The zero-order valence-electron chi connectivity index (χ0n) is 10.1. The minimum Gasteiger partial charge on any atom is -0.351 e. The van der Waals surface area contributed by atoms with Crippen LogP contribution < -0.4 is 4.90 Å². The van der Waals surface area contributed by atoms with Gasteiger partial charge in [-0.3, -0.25) is 0 Å². The summed E-state index contributed by atoms with van der Waals surface area (Å²) in [5.41, 5.74) is 0.560. The molecule has 0 spiro atoms. The van der Waals surface area contributed by atoms with Crippen molar-refractivity contribution in [1.29, 1.82) is 0 Å². The Morgan fingerprint density at radius 2 is 2.21 bits per heavy atom. The molecule has 2 aromatic heterocycles. The highest BCUT2D eigenvalue weighted by atomic mass is 19.1.